The van der Waals surface area contributed by atoms with Crippen molar-refractivity contribution in [2.24, 2.45) is 0 Å². The predicted octanol–water partition coefficient (Wildman–Crippen LogP) is 4.59. The van der Waals surface area contributed by atoms with Crippen LogP contribution in [0, 0.1) is 6.92 Å². The van der Waals surface area contributed by atoms with Crippen LogP contribution in [-0.4, -0.2) is 34.6 Å². The average molecular weight is 482 g/mol. The van der Waals surface area contributed by atoms with Crippen LogP contribution in [0.2, 0.25) is 0 Å². The first-order chi connectivity index (χ1) is 17.5. The summed E-state index contributed by atoms with van der Waals surface area (Å²) in [5.41, 5.74) is 3.95. The maximum atomic E-state index is 13.2. The first-order valence-electron chi connectivity index (χ1n) is 11.2. The normalized spacial score (nSPS) is 11.0. The van der Waals surface area contributed by atoms with Crippen molar-refractivity contribution in [1.82, 2.24) is 14.4 Å². The largest absolute Gasteiger partial charge is 0.493 e. The number of methoxy groups -OCH3 is 2. The maximum Gasteiger partial charge on any atom is 0.339 e. The molecule has 0 amide bonds. The quantitative estimate of drug-likeness (QED) is 0.328. The summed E-state index contributed by atoms with van der Waals surface area (Å²) in [6.45, 7) is 1.78. The number of pyridine rings is 2. The number of fused-ring (bicyclic) bond motifs is 2. The number of para-hydroxylation sites is 1. The number of benzene rings is 2. The smallest absolute Gasteiger partial charge is 0.339 e. The standard InChI is InChI=1S/C28H23N3O5/c1-17-10-11-31-26(12-17)29-19(14-27(31)32)16-36-28(33)21-15-23(30-22-7-5-4-6-20(21)22)18-8-9-24(34-2)25(13-18)35-3/h4-15H,16H2,1-3H3. The van der Waals surface area contributed by atoms with Crippen molar-refractivity contribution >= 4 is 22.5 Å². The summed E-state index contributed by atoms with van der Waals surface area (Å²) in [6, 6.07) is 19.5. The van der Waals surface area contributed by atoms with Gasteiger partial charge in [-0.2, -0.15) is 0 Å². The first-order valence-corrected chi connectivity index (χ1v) is 11.2. The zero-order valence-electron chi connectivity index (χ0n) is 20.0. The number of hydrogen-bond acceptors (Lipinski definition) is 7. The van der Waals surface area contributed by atoms with Crippen LogP contribution in [-0.2, 0) is 11.3 Å². The number of aromatic nitrogens is 3. The summed E-state index contributed by atoms with van der Waals surface area (Å²) in [6.07, 6.45) is 1.68. The summed E-state index contributed by atoms with van der Waals surface area (Å²) in [5, 5.41) is 0.661. The van der Waals surface area contributed by atoms with Gasteiger partial charge in [0.25, 0.3) is 5.56 Å². The fourth-order valence-corrected chi connectivity index (χ4v) is 4.03. The van der Waals surface area contributed by atoms with Gasteiger partial charge in [0, 0.05) is 23.2 Å². The second-order valence-corrected chi connectivity index (χ2v) is 8.24. The Morgan fingerprint density at radius 1 is 0.917 bits per heavy atom. The van der Waals surface area contributed by atoms with Crippen molar-refractivity contribution in [2.45, 2.75) is 13.5 Å². The van der Waals surface area contributed by atoms with Gasteiger partial charge in [0.15, 0.2) is 11.5 Å². The van der Waals surface area contributed by atoms with Gasteiger partial charge in [-0.3, -0.25) is 9.20 Å². The minimum absolute atomic E-state index is 0.138. The monoisotopic (exact) mass is 481 g/mol. The van der Waals surface area contributed by atoms with Gasteiger partial charge in [-0.05, 0) is 55.0 Å². The Hall–Kier alpha value is -4.72. The Morgan fingerprint density at radius 2 is 1.72 bits per heavy atom. The van der Waals surface area contributed by atoms with Crippen LogP contribution in [0.25, 0.3) is 27.8 Å². The highest BCUT2D eigenvalue weighted by Crippen LogP contribution is 2.33. The molecule has 0 saturated heterocycles. The van der Waals surface area contributed by atoms with Gasteiger partial charge in [0.2, 0.25) is 0 Å². The number of carbonyl (C=O) groups excluding carboxylic acids is 1. The van der Waals surface area contributed by atoms with Crippen LogP contribution in [0.4, 0.5) is 0 Å². The van der Waals surface area contributed by atoms with E-state index in [9.17, 15) is 9.59 Å². The number of esters is 1. The van der Waals surface area contributed by atoms with E-state index in [4.69, 9.17) is 19.2 Å². The number of nitrogens with zero attached hydrogens (tertiary/aromatic N) is 3. The zero-order valence-corrected chi connectivity index (χ0v) is 20.0. The van der Waals surface area contributed by atoms with Crippen LogP contribution >= 0.6 is 0 Å². The van der Waals surface area contributed by atoms with E-state index in [0.717, 1.165) is 11.1 Å². The highest BCUT2D eigenvalue weighted by atomic mass is 16.5. The van der Waals surface area contributed by atoms with Crippen LogP contribution in [0.1, 0.15) is 21.6 Å². The maximum absolute atomic E-state index is 13.2. The third-order valence-electron chi connectivity index (χ3n) is 5.84. The lowest BCUT2D eigenvalue weighted by molar-refractivity contribution is 0.0470. The van der Waals surface area contributed by atoms with Crippen molar-refractivity contribution in [3.05, 3.63) is 100 Å². The topological polar surface area (TPSA) is 92.0 Å². The van der Waals surface area contributed by atoms with E-state index in [1.54, 1.807) is 44.7 Å². The van der Waals surface area contributed by atoms with Gasteiger partial charge in [-0.1, -0.05) is 18.2 Å². The summed E-state index contributed by atoms with van der Waals surface area (Å²) in [7, 11) is 3.13. The van der Waals surface area contributed by atoms with Crippen LogP contribution in [0.5, 0.6) is 11.5 Å². The van der Waals surface area contributed by atoms with E-state index < -0.39 is 5.97 Å². The number of aryl methyl sites for hydroxylation is 1. The molecular formula is C28H23N3O5. The molecule has 5 rings (SSSR count). The minimum Gasteiger partial charge on any atom is -0.493 e. The molecule has 5 aromatic rings. The Balaban J connectivity index is 1.50. The lowest BCUT2D eigenvalue weighted by Gasteiger charge is -2.12. The fourth-order valence-electron chi connectivity index (χ4n) is 4.03. The molecule has 0 spiro atoms. The molecule has 3 heterocycles. The molecular weight excluding hydrogens is 458 g/mol. The first kappa shape index (κ1) is 23.0. The van der Waals surface area contributed by atoms with Crippen molar-refractivity contribution in [1.29, 1.82) is 0 Å². The van der Waals surface area contributed by atoms with E-state index in [1.165, 1.54) is 10.5 Å². The number of rotatable bonds is 6. The summed E-state index contributed by atoms with van der Waals surface area (Å²) in [4.78, 5) is 34.9. The van der Waals surface area contributed by atoms with E-state index >= 15 is 0 Å². The third-order valence-corrected chi connectivity index (χ3v) is 5.84. The number of carbonyl (C=O) groups is 1. The van der Waals surface area contributed by atoms with Gasteiger partial charge in [-0.15, -0.1) is 0 Å². The Morgan fingerprint density at radius 3 is 2.53 bits per heavy atom. The Labute approximate surface area is 206 Å². The molecule has 0 saturated carbocycles. The summed E-state index contributed by atoms with van der Waals surface area (Å²) >= 11 is 0. The summed E-state index contributed by atoms with van der Waals surface area (Å²) in [5.74, 6) is 0.607. The number of hydrogen-bond donors (Lipinski definition) is 0. The van der Waals surface area contributed by atoms with Gasteiger partial charge in [-0.25, -0.2) is 14.8 Å². The Kier molecular flexibility index (Phi) is 6.08. The highest BCUT2D eigenvalue weighted by Gasteiger charge is 2.17. The van der Waals surface area contributed by atoms with Crippen molar-refractivity contribution in [3.63, 3.8) is 0 Å². The highest BCUT2D eigenvalue weighted by molar-refractivity contribution is 6.04. The molecule has 0 radical (unpaired) electrons. The van der Waals surface area contributed by atoms with E-state index in [0.29, 0.717) is 45.0 Å². The fraction of sp³-hybridized carbons (Fsp3) is 0.143. The van der Waals surface area contributed by atoms with Crippen molar-refractivity contribution in [2.75, 3.05) is 14.2 Å². The molecule has 0 unspecified atom stereocenters. The van der Waals surface area contributed by atoms with Gasteiger partial charge in [0.05, 0.1) is 36.7 Å². The van der Waals surface area contributed by atoms with E-state index in [1.807, 2.05) is 43.3 Å². The molecule has 0 aliphatic rings. The SMILES string of the molecule is COc1ccc(-c2cc(C(=O)OCc3cc(=O)n4ccc(C)cc4n3)c3ccccc3n2)cc1OC. The molecule has 0 bridgehead atoms. The molecule has 180 valence electrons. The third kappa shape index (κ3) is 4.36. The van der Waals surface area contributed by atoms with Crippen LogP contribution in [0.15, 0.2) is 77.7 Å². The average Bonchev–Trinajstić information content (AvgIpc) is 2.90. The van der Waals surface area contributed by atoms with Crippen molar-refractivity contribution < 1.29 is 19.0 Å². The summed E-state index contributed by atoms with van der Waals surface area (Å²) < 4.78 is 17.8. The lowest BCUT2D eigenvalue weighted by atomic mass is 10.0. The second kappa shape index (κ2) is 9.50. The van der Waals surface area contributed by atoms with Crippen LogP contribution < -0.4 is 15.0 Å². The molecule has 0 aliphatic heterocycles. The molecule has 3 aromatic heterocycles. The molecule has 0 aliphatic carbocycles. The molecule has 0 atom stereocenters. The van der Waals surface area contributed by atoms with Crippen LogP contribution in [0.3, 0.4) is 0 Å². The molecule has 8 nitrogen and oxygen atoms in total. The van der Waals surface area contributed by atoms with Gasteiger partial charge >= 0.3 is 5.97 Å². The molecule has 2 aromatic carbocycles. The second-order valence-electron chi connectivity index (χ2n) is 8.24. The van der Waals surface area contributed by atoms with Gasteiger partial charge in [0.1, 0.15) is 12.3 Å². The Bertz CT molecular complexity index is 1680. The minimum atomic E-state index is -0.540. The molecule has 0 N–H and O–H groups in total. The molecule has 0 fully saturated rings. The van der Waals surface area contributed by atoms with E-state index in [-0.39, 0.29) is 12.2 Å². The molecule has 36 heavy (non-hydrogen) atoms. The van der Waals surface area contributed by atoms with Gasteiger partial charge < -0.3 is 14.2 Å². The predicted molar refractivity (Wildman–Crippen MR) is 136 cm³/mol. The lowest BCUT2D eigenvalue weighted by Crippen LogP contribution is -2.16. The zero-order chi connectivity index (χ0) is 25.2. The number of ether oxygens (including phenoxy) is 3. The molecule has 8 heteroatoms. The van der Waals surface area contributed by atoms with E-state index in [2.05, 4.69) is 4.98 Å². The van der Waals surface area contributed by atoms with Crippen molar-refractivity contribution in [3.8, 4) is 22.8 Å².